The topological polar surface area (TPSA) is 103 Å². The first-order valence-corrected chi connectivity index (χ1v) is 8.22. The third kappa shape index (κ3) is 3.57. The molecule has 0 amide bonds. The molecule has 0 spiro atoms. The number of nitrogens with zero attached hydrogens (tertiary/aromatic N) is 2. The van der Waals surface area contributed by atoms with Crippen LogP contribution in [0.2, 0.25) is 0 Å². The predicted molar refractivity (Wildman–Crippen MR) is 90.8 cm³/mol. The van der Waals surface area contributed by atoms with E-state index in [0.29, 0.717) is 10.7 Å². The molecule has 0 radical (unpaired) electrons. The monoisotopic (exact) mass is 333 g/mol. The Bertz CT molecular complexity index is 694. The molecular weight excluding hydrogens is 314 g/mol. The minimum atomic E-state index is -0.493. The number of phenols is 3. The number of aromatic nitrogens is 1. The summed E-state index contributed by atoms with van der Waals surface area (Å²) in [7, 11) is 0. The van der Waals surface area contributed by atoms with Crippen LogP contribution in [0.1, 0.15) is 16.1 Å². The average molecular weight is 333 g/mol. The van der Waals surface area contributed by atoms with Crippen LogP contribution in [-0.2, 0) is 12.8 Å². The number of hydrogen-bond acceptors (Lipinski definition) is 7. The fraction of sp³-hybridized carbons (Fsp3) is 0.312. The minimum absolute atomic E-state index is 0.326. The molecule has 1 aromatic heterocycles. The van der Waals surface area contributed by atoms with Gasteiger partial charge >= 0.3 is 0 Å². The Labute approximate surface area is 138 Å². The van der Waals surface area contributed by atoms with Gasteiger partial charge < -0.3 is 21.1 Å². The summed E-state index contributed by atoms with van der Waals surface area (Å²) in [5.41, 5.74) is 7.51. The lowest BCUT2D eigenvalue weighted by molar-refractivity contribution is 0.318. The fourth-order valence-electron chi connectivity index (χ4n) is 2.67. The quantitative estimate of drug-likeness (QED) is 0.640. The Balaban J connectivity index is 1.60. The number of nitrogens with two attached hydrogens (primary N) is 1. The van der Waals surface area contributed by atoms with Crippen LogP contribution in [0.5, 0.6) is 17.2 Å². The van der Waals surface area contributed by atoms with Gasteiger partial charge in [0.05, 0.1) is 5.69 Å². The Morgan fingerprint density at radius 1 is 1.17 bits per heavy atom. The number of anilines is 1. The van der Waals surface area contributed by atoms with E-state index in [4.69, 9.17) is 5.73 Å². The number of aromatic hydroxyl groups is 3. The second-order valence-electron chi connectivity index (χ2n) is 5.53. The summed E-state index contributed by atoms with van der Waals surface area (Å²) in [5, 5.41) is 29.0. The van der Waals surface area contributed by atoms with Crippen molar-refractivity contribution in [2.24, 2.45) is 0 Å². The molecule has 7 heteroatoms. The maximum absolute atomic E-state index is 9.49. The van der Waals surface area contributed by atoms with E-state index in [1.807, 2.05) is 12.2 Å². The Kier molecular flexibility index (Phi) is 4.40. The van der Waals surface area contributed by atoms with Crippen molar-refractivity contribution in [2.45, 2.75) is 12.8 Å². The summed E-state index contributed by atoms with van der Waals surface area (Å²) < 4.78 is 0. The summed E-state index contributed by atoms with van der Waals surface area (Å²) in [4.78, 5) is 7.97. The van der Waals surface area contributed by atoms with Crippen molar-refractivity contribution in [3.63, 3.8) is 0 Å². The molecule has 23 heavy (non-hydrogen) atoms. The zero-order chi connectivity index (χ0) is 16.4. The van der Waals surface area contributed by atoms with E-state index in [1.165, 1.54) is 17.0 Å². The maximum Gasteiger partial charge on any atom is 0.200 e. The number of hydrogen-bond donors (Lipinski definition) is 4. The van der Waals surface area contributed by atoms with E-state index in [2.05, 4.69) is 9.88 Å². The highest BCUT2D eigenvalue weighted by Crippen LogP contribution is 2.35. The highest BCUT2D eigenvalue weighted by Gasteiger charge is 2.16. The largest absolute Gasteiger partial charge is 0.504 e. The molecule has 0 saturated carbocycles. The van der Waals surface area contributed by atoms with Gasteiger partial charge in [-0.3, -0.25) is 4.90 Å². The molecule has 2 heterocycles. The van der Waals surface area contributed by atoms with Crippen molar-refractivity contribution >= 4 is 22.5 Å². The molecular formula is C16H19N3O3S. The van der Waals surface area contributed by atoms with Crippen LogP contribution < -0.4 is 5.73 Å². The molecule has 0 atom stereocenters. The summed E-state index contributed by atoms with van der Waals surface area (Å²) in [6, 6.07) is 2.83. The SMILES string of the molecule is Nc1nc2c(s1)CCN(C/C=C/c1cc(O)c(O)c(O)c1)CC2. The molecule has 0 unspecified atom stereocenters. The van der Waals surface area contributed by atoms with Gasteiger partial charge in [-0.05, 0) is 24.1 Å². The van der Waals surface area contributed by atoms with Crippen LogP contribution in [0, 0.1) is 0 Å². The van der Waals surface area contributed by atoms with E-state index in [1.54, 1.807) is 11.3 Å². The molecule has 6 nitrogen and oxygen atoms in total. The second kappa shape index (κ2) is 6.47. The van der Waals surface area contributed by atoms with Crippen LogP contribution in [0.3, 0.4) is 0 Å². The van der Waals surface area contributed by atoms with Crippen LogP contribution >= 0.6 is 11.3 Å². The number of phenolic OH excluding ortho intramolecular Hbond substituents is 3. The van der Waals surface area contributed by atoms with Gasteiger partial charge in [-0.25, -0.2) is 4.98 Å². The van der Waals surface area contributed by atoms with Crippen molar-refractivity contribution in [3.05, 3.63) is 34.3 Å². The minimum Gasteiger partial charge on any atom is -0.504 e. The lowest BCUT2D eigenvalue weighted by atomic mass is 10.1. The van der Waals surface area contributed by atoms with Crippen LogP contribution in [0.15, 0.2) is 18.2 Å². The fourth-order valence-corrected chi connectivity index (χ4v) is 3.54. The molecule has 2 aromatic rings. The Hall–Kier alpha value is -2.25. The smallest absolute Gasteiger partial charge is 0.200 e. The van der Waals surface area contributed by atoms with Crippen molar-refractivity contribution in [1.29, 1.82) is 0 Å². The lowest BCUT2D eigenvalue weighted by Gasteiger charge is -2.17. The molecule has 3 rings (SSSR count). The Morgan fingerprint density at radius 3 is 2.61 bits per heavy atom. The zero-order valence-electron chi connectivity index (χ0n) is 12.6. The number of rotatable bonds is 3. The predicted octanol–water partition coefficient (Wildman–Crippen LogP) is 1.96. The number of thiazole rings is 1. The lowest BCUT2D eigenvalue weighted by Crippen LogP contribution is -2.26. The van der Waals surface area contributed by atoms with E-state index >= 15 is 0 Å². The van der Waals surface area contributed by atoms with Crippen molar-refractivity contribution in [2.75, 3.05) is 25.4 Å². The molecule has 5 N–H and O–H groups in total. The van der Waals surface area contributed by atoms with E-state index in [0.717, 1.165) is 38.2 Å². The molecule has 0 saturated heterocycles. The van der Waals surface area contributed by atoms with Crippen LogP contribution in [0.4, 0.5) is 5.13 Å². The zero-order valence-corrected chi connectivity index (χ0v) is 13.4. The first-order chi connectivity index (χ1) is 11.0. The van der Waals surface area contributed by atoms with Gasteiger partial charge in [0.25, 0.3) is 0 Å². The standard InChI is InChI=1S/C16H19N3O3S/c17-16-18-11-3-6-19(7-4-14(11)23-16)5-1-2-10-8-12(20)15(22)13(21)9-10/h1-2,8-9,20-22H,3-7H2,(H2,17,18)/b2-1+. The van der Waals surface area contributed by atoms with Crippen molar-refractivity contribution in [1.82, 2.24) is 9.88 Å². The Morgan fingerprint density at radius 2 is 1.87 bits per heavy atom. The van der Waals surface area contributed by atoms with Gasteiger partial charge in [0.15, 0.2) is 22.4 Å². The van der Waals surface area contributed by atoms with Gasteiger partial charge in [-0.2, -0.15) is 0 Å². The van der Waals surface area contributed by atoms with Crippen molar-refractivity contribution < 1.29 is 15.3 Å². The summed E-state index contributed by atoms with van der Waals surface area (Å²) in [5.74, 6) is -1.15. The molecule has 0 bridgehead atoms. The number of nitrogen functional groups attached to an aromatic ring is 1. The van der Waals surface area contributed by atoms with Gasteiger partial charge in [-0.1, -0.05) is 12.2 Å². The molecule has 0 fully saturated rings. The highest BCUT2D eigenvalue weighted by molar-refractivity contribution is 7.15. The molecule has 122 valence electrons. The van der Waals surface area contributed by atoms with Gasteiger partial charge in [-0.15, -0.1) is 11.3 Å². The summed E-state index contributed by atoms with van der Waals surface area (Å²) in [6.07, 6.45) is 5.65. The second-order valence-corrected chi connectivity index (χ2v) is 6.65. The highest BCUT2D eigenvalue weighted by atomic mass is 32.1. The number of fused-ring (bicyclic) bond motifs is 1. The first-order valence-electron chi connectivity index (χ1n) is 7.41. The van der Waals surface area contributed by atoms with E-state index < -0.39 is 5.75 Å². The third-order valence-corrected chi connectivity index (χ3v) is 4.87. The van der Waals surface area contributed by atoms with Crippen molar-refractivity contribution in [3.8, 4) is 17.2 Å². The third-order valence-electron chi connectivity index (χ3n) is 3.88. The normalized spacial score (nSPS) is 15.7. The molecule has 1 aliphatic rings. The van der Waals surface area contributed by atoms with Gasteiger partial charge in [0.2, 0.25) is 0 Å². The first kappa shape index (κ1) is 15.6. The van der Waals surface area contributed by atoms with E-state index in [-0.39, 0.29) is 11.5 Å². The molecule has 1 aromatic carbocycles. The average Bonchev–Trinajstić information content (AvgIpc) is 2.76. The molecule has 0 aliphatic carbocycles. The summed E-state index contributed by atoms with van der Waals surface area (Å²) in [6.45, 7) is 2.64. The van der Waals surface area contributed by atoms with Gasteiger partial charge in [0, 0.05) is 30.9 Å². The van der Waals surface area contributed by atoms with Gasteiger partial charge in [0.1, 0.15) is 0 Å². The number of benzene rings is 1. The maximum atomic E-state index is 9.49. The van der Waals surface area contributed by atoms with Crippen LogP contribution in [-0.4, -0.2) is 44.8 Å². The molecule has 1 aliphatic heterocycles. The van der Waals surface area contributed by atoms with E-state index in [9.17, 15) is 15.3 Å². The summed E-state index contributed by atoms with van der Waals surface area (Å²) >= 11 is 1.57. The van der Waals surface area contributed by atoms with Crippen LogP contribution in [0.25, 0.3) is 6.08 Å².